The van der Waals surface area contributed by atoms with E-state index in [4.69, 9.17) is 9.73 Å². The molecule has 1 aliphatic rings. The molecule has 0 atom stereocenters. The lowest BCUT2D eigenvalue weighted by atomic mass is 10.1. The molecule has 176 valence electrons. The quantitative estimate of drug-likeness (QED) is 0.359. The van der Waals surface area contributed by atoms with Crippen molar-refractivity contribution >= 4 is 38.4 Å². The Morgan fingerprint density at radius 1 is 0.912 bits per heavy atom. The maximum absolute atomic E-state index is 12.9. The molecule has 6 nitrogen and oxygen atoms in total. The molecule has 9 heteroatoms. The Hall–Kier alpha value is -2.56. The predicted molar refractivity (Wildman–Crippen MR) is 137 cm³/mol. The van der Waals surface area contributed by atoms with Crippen LogP contribution in [0.5, 0.6) is 0 Å². The summed E-state index contributed by atoms with van der Waals surface area (Å²) in [5.74, 6) is 0. The second-order valence-corrected chi connectivity index (χ2v) is 11.6. The van der Waals surface area contributed by atoms with Gasteiger partial charge in [0.15, 0.2) is 4.80 Å². The number of nitrogens with zero attached hydrogens (tertiary/aromatic N) is 3. The van der Waals surface area contributed by atoms with E-state index in [0.717, 1.165) is 29.1 Å². The number of benzene rings is 2. The van der Waals surface area contributed by atoms with Crippen LogP contribution in [-0.4, -0.2) is 43.6 Å². The Balaban J connectivity index is 1.44. The van der Waals surface area contributed by atoms with E-state index in [0.29, 0.717) is 26.3 Å². The molecule has 2 aromatic carbocycles. The standard InChI is InChI=1S/C25H25N3O3S3/c29-34(30,27-14-16-31-17-15-27)22-10-8-21(9-11-22)26-25-28(13-12-20-5-2-1-3-6-20)23(19-33-25)24-7-4-18-32-24/h1-11,18-19H,12-17H2. The molecule has 5 rings (SSSR count). The molecule has 3 heterocycles. The lowest BCUT2D eigenvalue weighted by Gasteiger charge is -2.26. The molecule has 0 aliphatic carbocycles. The molecule has 0 radical (unpaired) electrons. The number of aryl methyl sites for hydroxylation is 1. The van der Waals surface area contributed by atoms with E-state index in [1.807, 2.05) is 6.07 Å². The minimum absolute atomic E-state index is 0.288. The molecule has 4 aromatic rings. The van der Waals surface area contributed by atoms with E-state index in [1.54, 1.807) is 46.9 Å². The van der Waals surface area contributed by atoms with Crippen LogP contribution >= 0.6 is 22.7 Å². The topological polar surface area (TPSA) is 63.9 Å². The van der Waals surface area contributed by atoms with Gasteiger partial charge in [0.1, 0.15) is 0 Å². The van der Waals surface area contributed by atoms with Crippen LogP contribution in [-0.2, 0) is 27.7 Å². The van der Waals surface area contributed by atoms with E-state index < -0.39 is 10.0 Å². The van der Waals surface area contributed by atoms with E-state index in [2.05, 4.69) is 51.7 Å². The number of hydrogen-bond acceptors (Lipinski definition) is 6. The number of aromatic nitrogens is 1. The highest BCUT2D eigenvalue weighted by Gasteiger charge is 2.26. The van der Waals surface area contributed by atoms with Gasteiger partial charge in [-0.25, -0.2) is 13.4 Å². The van der Waals surface area contributed by atoms with Crippen molar-refractivity contribution in [3.63, 3.8) is 0 Å². The molecular formula is C25H25N3O3S3. The van der Waals surface area contributed by atoms with Crippen molar-refractivity contribution in [2.75, 3.05) is 26.3 Å². The average molecular weight is 512 g/mol. The van der Waals surface area contributed by atoms with Crippen molar-refractivity contribution in [3.05, 3.63) is 87.9 Å². The van der Waals surface area contributed by atoms with Gasteiger partial charge in [0, 0.05) is 25.0 Å². The van der Waals surface area contributed by atoms with Crippen LogP contribution in [0.2, 0.25) is 0 Å². The Morgan fingerprint density at radius 3 is 2.38 bits per heavy atom. The minimum Gasteiger partial charge on any atom is -0.379 e. The highest BCUT2D eigenvalue weighted by atomic mass is 32.2. The predicted octanol–water partition coefficient (Wildman–Crippen LogP) is 4.77. The van der Waals surface area contributed by atoms with E-state index >= 15 is 0 Å². The lowest BCUT2D eigenvalue weighted by molar-refractivity contribution is 0.0730. The fourth-order valence-corrected chi connectivity index (χ4v) is 7.06. The summed E-state index contributed by atoms with van der Waals surface area (Å²) in [6, 6.07) is 21.5. The Kier molecular flexibility index (Phi) is 7.07. The van der Waals surface area contributed by atoms with Crippen molar-refractivity contribution in [2.45, 2.75) is 17.9 Å². The molecule has 1 fully saturated rings. The number of thiophene rings is 1. The van der Waals surface area contributed by atoms with Gasteiger partial charge in [-0.2, -0.15) is 4.31 Å². The minimum atomic E-state index is -3.51. The van der Waals surface area contributed by atoms with Gasteiger partial charge in [-0.15, -0.1) is 22.7 Å². The molecule has 2 aromatic heterocycles. The Labute approximate surface area is 207 Å². The first-order chi connectivity index (χ1) is 16.6. The third-order valence-corrected chi connectivity index (χ3v) is 9.38. The van der Waals surface area contributed by atoms with Crippen molar-refractivity contribution in [2.24, 2.45) is 4.99 Å². The Morgan fingerprint density at radius 2 is 1.68 bits per heavy atom. The van der Waals surface area contributed by atoms with Gasteiger partial charge in [0.2, 0.25) is 10.0 Å². The lowest BCUT2D eigenvalue weighted by Crippen LogP contribution is -2.40. The molecule has 0 bridgehead atoms. The summed E-state index contributed by atoms with van der Waals surface area (Å²) in [6.45, 7) is 2.44. The number of morpholine rings is 1. The van der Waals surface area contributed by atoms with Gasteiger partial charge >= 0.3 is 0 Å². The average Bonchev–Trinajstić information content (AvgIpc) is 3.54. The molecule has 0 spiro atoms. The van der Waals surface area contributed by atoms with Gasteiger partial charge in [-0.3, -0.25) is 0 Å². The summed E-state index contributed by atoms with van der Waals surface area (Å²) < 4.78 is 34.8. The van der Waals surface area contributed by atoms with E-state index in [9.17, 15) is 8.42 Å². The first-order valence-electron chi connectivity index (χ1n) is 11.1. The van der Waals surface area contributed by atoms with E-state index in [-0.39, 0.29) is 4.90 Å². The fourth-order valence-electron chi connectivity index (χ4n) is 3.88. The van der Waals surface area contributed by atoms with Crippen LogP contribution in [0.15, 0.2) is 87.4 Å². The van der Waals surface area contributed by atoms with Crippen LogP contribution in [0.1, 0.15) is 5.56 Å². The summed E-state index contributed by atoms with van der Waals surface area (Å²) in [4.78, 5) is 7.26. The van der Waals surface area contributed by atoms with Gasteiger partial charge < -0.3 is 9.30 Å². The van der Waals surface area contributed by atoms with Crippen LogP contribution < -0.4 is 4.80 Å². The number of sulfonamides is 1. The van der Waals surface area contributed by atoms with Crippen molar-refractivity contribution in [1.82, 2.24) is 8.87 Å². The highest BCUT2D eigenvalue weighted by Crippen LogP contribution is 2.26. The summed E-state index contributed by atoms with van der Waals surface area (Å²) >= 11 is 3.31. The van der Waals surface area contributed by atoms with Gasteiger partial charge in [-0.05, 0) is 47.7 Å². The molecule has 34 heavy (non-hydrogen) atoms. The number of rotatable bonds is 7. The zero-order valence-electron chi connectivity index (χ0n) is 18.5. The largest absolute Gasteiger partial charge is 0.379 e. The molecule has 1 aliphatic heterocycles. The molecule has 0 N–H and O–H groups in total. The molecule has 1 saturated heterocycles. The maximum atomic E-state index is 12.9. The third kappa shape index (κ3) is 5.08. The zero-order chi connectivity index (χ0) is 23.4. The number of thiazole rings is 1. The van der Waals surface area contributed by atoms with Gasteiger partial charge in [-0.1, -0.05) is 36.4 Å². The second-order valence-electron chi connectivity index (χ2n) is 7.89. The molecule has 0 saturated carbocycles. The normalized spacial score (nSPS) is 15.6. The van der Waals surface area contributed by atoms with Crippen LogP contribution in [0, 0.1) is 0 Å². The van der Waals surface area contributed by atoms with Crippen LogP contribution in [0.25, 0.3) is 10.6 Å². The monoisotopic (exact) mass is 511 g/mol. The zero-order valence-corrected chi connectivity index (χ0v) is 21.0. The SMILES string of the molecule is O=S(=O)(c1ccc(N=c2scc(-c3cccs3)n2CCc2ccccc2)cc1)N1CCOCC1. The number of hydrogen-bond donors (Lipinski definition) is 0. The molecule has 0 amide bonds. The van der Waals surface area contributed by atoms with Crippen molar-refractivity contribution in [3.8, 4) is 10.6 Å². The van der Waals surface area contributed by atoms with Crippen molar-refractivity contribution in [1.29, 1.82) is 0 Å². The first kappa shape index (κ1) is 23.2. The summed E-state index contributed by atoms with van der Waals surface area (Å²) in [5.41, 5.74) is 3.16. The first-order valence-corrected chi connectivity index (χ1v) is 14.3. The van der Waals surface area contributed by atoms with Crippen LogP contribution in [0.3, 0.4) is 0 Å². The van der Waals surface area contributed by atoms with E-state index in [1.165, 1.54) is 14.7 Å². The van der Waals surface area contributed by atoms with Gasteiger partial charge in [0.25, 0.3) is 0 Å². The second kappa shape index (κ2) is 10.4. The highest BCUT2D eigenvalue weighted by molar-refractivity contribution is 7.89. The maximum Gasteiger partial charge on any atom is 0.243 e. The fraction of sp³-hybridized carbons (Fsp3) is 0.240. The van der Waals surface area contributed by atoms with Gasteiger partial charge in [0.05, 0.1) is 34.4 Å². The van der Waals surface area contributed by atoms with Crippen LogP contribution in [0.4, 0.5) is 5.69 Å². The summed E-state index contributed by atoms with van der Waals surface area (Å²) in [5, 5.41) is 4.23. The molecular weight excluding hydrogens is 486 g/mol. The number of ether oxygens (including phenoxy) is 1. The smallest absolute Gasteiger partial charge is 0.243 e. The molecule has 0 unspecified atom stereocenters. The summed E-state index contributed by atoms with van der Waals surface area (Å²) in [6.07, 6.45) is 0.903. The third-order valence-electron chi connectivity index (χ3n) is 5.71. The summed E-state index contributed by atoms with van der Waals surface area (Å²) in [7, 11) is -3.51. The Bertz CT molecular complexity index is 1390. The van der Waals surface area contributed by atoms with Crippen molar-refractivity contribution < 1.29 is 13.2 Å².